The first-order valence-electron chi connectivity index (χ1n) is 8.54. The number of anilines is 2. The van der Waals surface area contributed by atoms with Crippen molar-refractivity contribution in [3.05, 3.63) is 54.2 Å². The third kappa shape index (κ3) is 5.12. The van der Waals surface area contributed by atoms with Gasteiger partial charge in [0.15, 0.2) is 0 Å². The average molecular weight is 338 g/mol. The van der Waals surface area contributed by atoms with Crippen molar-refractivity contribution in [3.8, 4) is 0 Å². The molecular formula is C19H22N4O2. The van der Waals surface area contributed by atoms with Crippen LogP contribution in [0, 0.1) is 5.92 Å². The summed E-state index contributed by atoms with van der Waals surface area (Å²) >= 11 is 0. The number of amides is 2. The van der Waals surface area contributed by atoms with Gasteiger partial charge in [-0.3, -0.25) is 9.59 Å². The highest BCUT2D eigenvalue weighted by Gasteiger charge is 2.15. The van der Waals surface area contributed by atoms with Gasteiger partial charge in [0.05, 0.1) is 11.9 Å². The molecule has 1 aliphatic rings. The van der Waals surface area contributed by atoms with Crippen molar-refractivity contribution in [2.45, 2.75) is 19.3 Å². The predicted octanol–water partition coefficient (Wildman–Crippen LogP) is 2.66. The van der Waals surface area contributed by atoms with E-state index >= 15 is 0 Å². The van der Waals surface area contributed by atoms with E-state index in [-0.39, 0.29) is 11.8 Å². The van der Waals surface area contributed by atoms with Crippen LogP contribution >= 0.6 is 0 Å². The third-order valence-corrected chi connectivity index (χ3v) is 4.27. The van der Waals surface area contributed by atoms with Gasteiger partial charge in [-0.05, 0) is 56.1 Å². The smallest absolute Gasteiger partial charge is 0.256 e. The zero-order valence-electron chi connectivity index (χ0n) is 14.0. The van der Waals surface area contributed by atoms with E-state index in [0.717, 1.165) is 25.9 Å². The van der Waals surface area contributed by atoms with Crippen LogP contribution in [0.3, 0.4) is 0 Å². The average Bonchev–Trinajstić information content (AvgIpc) is 3.16. The lowest BCUT2D eigenvalue weighted by Gasteiger charge is -2.09. The summed E-state index contributed by atoms with van der Waals surface area (Å²) in [4.78, 5) is 28.2. The van der Waals surface area contributed by atoms with Crippen LogP contribution in [-0.2, 0) is 4.79 Å². The molecule has 3 N–H and O–H groups in total. The van der Waals surface area contributed by atoms with Crippen molar-refractivity contribution < 1.29 is 9.59 Å². The van der Waals surface area contributed by atoms with Crippen molar-refractivity contribution in [3.63, 3.8) is 0 Å². The summed E-state index contributed by atoms with van der Waals surface area (Å²) in [5.41, 5.74) is 1.20. The van der Waals surface area contributed by atoms with Gasteiger partial charge in [-0.2, -0.15) is 0 Å². The van der Waals surface area contributed by atoms with Crippen LogP contribution in [0.1, 0.15) is 29.6 Å². The molecule has 1 atom stereocenters. The van der Waals surface area contributed by atoms with E-state index in [1.54, 1.807) is 30.5 Å². The molecule has 0 aliphatic carbocycles. The molecule has 2 aromatic rings. The molecule has 1 aromatic carbocycles. The van der Waals surface area contributed by atoms with Crippen LogP contribution in [-0.4, -0.2) is 29.9 Å². The first-order chi connectivity index (χ1) is 12.2. The van der Waals surface area contributed by atoms with Gasteiger partial charge < -0.3 is 16.0 Å². The molecule has 0 saturated carbocycles. The Bertz CT molecular complexity index is 710. The maximum absolute atomic E-state index is 12.1. The highest BCUT2D eigenvalue weighted by atomic mass is 16.2. The summed E-state index contributed by atoms with van der Waals surface area (Å²) in [5.74, 6) is 0.827. The molecule has 6 nitrogen and oxygen atoms in total. The molecule has 1 aliphatic heterocycles. The summed E-state index contributed by atoms with van der Waals surface area (Å²) in [6.45, 7) is 2.05. The van der Waals surface area contributed by atoms with Crippen molar-refractivity contribution >= 4 is 23.3 Å². The van der Waals surface area contributed by atoms with Crippen LogP contribution in [0.15, 0.2) is 48.7 Å². The number of hydrogen-bond acceptors (Lipinski definition) is 4. The number of pyridine rings is 1. The van der Waals surface area contributed by atoms with Gasteiger partial charge in [-0.25, -0.2) is 4.98 Å². The molecule has 0 spiro atoms. The first-order valence-corrected chi connectivity index (χ1v) is 8.54. The van der Waals surface area contributed by atoms with Crippen molar-refractivity contribution in [1.82, 2.24) is 10.3 Å². The summed E-state index contributed by atoms with van der Waals surface area (Å²) in [6.07, 6.45) is 4.11. The molecule has 0 radical (unpaired) electrons. The number of rotatable bonds is 6. The summed E-state index contributed by atoms with van der Waals surface area (Å²) in [7, 11) is 0. The summed E-state index contributed by atoms with van der Waals surface area (Å²) in [6, 6.07) is 12.4. The van der Waals surface area contributed by atoms with E-state index in [1.807, 2.05) is 18.2 Å². The number of aromatic nitrogens is 1. The fraction of sp³-hybridized carbons (Fsp3) is 0.316. The number of benzene rings is 1. The maximum atomic E-state index is 12.1. The normalized spacial score (nSPS) is 16.4. The van der Waals surface area contributed by atoms with Crippen LogP contribution in [0.5, 0.6) is 0 Å². The minimum atomic E-state index is -0.213. The molecular weight excluding hydrogens is 316 g/mol. The van der Waals surface area contributed by atoms with Gasteiger partial charge in [0.1, 0.15) is 5.82 Å². The largest absolute Gasteiger partial charge is 0.325 e. The standard InChI is InChI=1S/C19H22N4O2/c24-18(9-6-14-10-11-20-12-14)22-16-7-8-17(21-13-16)23-19(25)15-4-2-1-3-5-15/h1-5,7-8,13-14,20H,6,9-12H2,(H,22,24)(H,21,23,25). The van der Waals surface area contributed by atoms with E-state index in [1.165, 1.54) is 0 Å². The zero-order valence-corrected chi connectivity index (χ0v) is 14.0. The Labute approximate surface area is 147 Å². The van der Waals surface area contributed by atoms with E-state index in [0.29, 0.717) is 29.4 Å². The molecule has 1 unspecified atom stereocenters. The van der Waals surface area contributed by atoms with Crippen molar-refractivity contribution in [2.75, 3.05) is 23.7 Å². The number of nitrogens with one attached hydrogen (secondary N) is 3. The number of carbonyl (C=O) groups is 2. The van der Waals surface area contributed by atoms with Gasteiger partial charge in [0.25, 0.3) is 5.91 Å². The topological polar surface area (TPSA) is 83.1 Å². The second kappa shape index (κ2) is 8.39. The fourth-order valence-electron chi connectivity index (χ4n) is 2.84. The van der Waals surface area contributed by atoms with Crippen LogP contribution in [0.4, 0.5) is 11.5 Å². The molecule has 1 fully saturated rings. The second-order valence-electron chi connectivity index (χ2n) is 6.20. The number of carbonyl (C=O) groups excluding carboxylic acids is 2. The van der Waals surface area contributed by atoms with Gasteiger partial charge in [-0.15, -0.1) is 0 Å². The van der Waals surface area contributed by atoms with Crippen molar-refractivity contribution in [2.24, 2.45) is 5.92 Å². The lowest BCUT2D eigenvalue weighted by Crippen LogP contribution is -2.15. The minimum Gasteiger partial charge on any atom is -0.325 e. The molecule has 130 valence electrons. The van der Waals surface area contributed by atoms with Crippen LogP contribution in [0.2, 0.25) is 0 Å². The van der Waals surface area contributed by atoms with E-state index in [4.69, 9.17) is 0 Å². The van der Waals surface area contributed by atoms with E-state index in [9.17, 15) is 9.59 Å². The second-order valence-corrected chi connectivity index (χ2v) is 6.20. The fourth-order valence-corrected chi connectivity index (χ4v) is 2.84. The highest BCUT2D eigenvalue weighted by molar-refractivity contribution is 6.03. The molecule has 2 heterocycles. The molecule has 1 aromatic heterocycles. The lowest BCUT2D eigenvalue weighted by molar-refractivity contribution is -0.116. The van der Waals surface area contributed by atoms with Crippen molar-refractivity contribution in [1.29, 1.82) is 0 Å². The van der Waals surface area contributed by atoms with Crippen LogP contribution < -0.4 is 16.0 Å². The Hall–Kier alpha value is -2.73. The molecule has 1 saturated heterocycles. The highest BCUT2D eigenvalue weighted by Crippen LogP contribution is 2.16. The molecule has 6 heteroatoms. The van der Waals surface area contributed by atoms with Gasteiger partial charge >= 0.3 is 0 Å². The molecule has 25 heavy (non-hydrogen) atoms. The van der Waals surface area contributed by atoms with Gasteiger partial charge in [0.2, 0.25) is 5.91 Å². The summed E-state index contributed by atoms with van der Waals surface area (Å²) < 4.78 is 0. The predicted molar refractivity (Wildman–Crippen MR) is 97.5 cm³/mol. The maximum Gasteiger partial charge on any atom is 0.256 e. The molecule has 3 rings (SSSR count). The quantitative estimate of drug-likeness (QED) is 0.756. The zero-order chi connectivity index (χ0) is 17.5. The SMILES string of the molecule is O=C(CCC1CCNC1)Nc1ccc(NC(=O)c2ccccc2)nc1. The molecule has 2 amide bonds. The lowest BCUT2D eigenvalue weighted by atomic mass is 10.0. The summed E-state index contributed by atoms with van der Waals surface area (Å²) in [5, 5.41) is 8.88. The Morgan fingerprint density at radius 3 is 2.64 bits per heavy atom. The Kier molecular flexibility index (Phi) is 5.74. The Morgan fingerprint density at radius 2 is 1.96 bits per heavy atom. The minimum absolute atomic E-state index is 0.00484. The third-order valence-electron chi connectivity index (χ3n) is 4.27. The van der Waals surface area contributed by atoms with E-state index < -0.39 is 0 Å². The van der Waals surface area contributed by atoms with Crippen LogP contribution in [0.25, 0.3) is 0 Å². The monoisotopic (exact) mass is 338 g/mol. The number of hydrogen-bond donors (Lipinski definition) is 3. The Balaban J connectivity index is 1.48. The van der Waals surface area contributed by atoms with E-state index in [2.05, 4.69) is 20.9 Å². The number of nitrogens with zero attached hydrogens (tertiary/aromatic N) is 1. The molecule has 0 bridgehead atoms. The Morgan fingerprint density at radius 1 is 1.12 bits per heavy atom. The first kappa shape index (κ1) is 17.1. The van der Waals surface area contributed by atoms with Gasteiger partial charge in [0, 0.05) is 12.0 Å². The van der Waals surface area contributed by atoms with Gasteiger partial charge in [-0.1, -0.05) is 18.2 Å².